The number of hydrogen-bond donors (Lipinski definition) is 1. The van der Waals surface area contributed by atoms with Gasteiger partial charge in [0.1, 0.15) is 11.5 Å². The number of rotatable bonds is 4. The molecule has 0 radical (unpaired) electrons. The van der Waals surface area contributed by atoms with E-state index >= 15 is 0 Å². The zero-order valence-corrected chi connectivity index (χ0v) is 18.1. The maximum absolute atomic E-state index is 13.3. The number of amides is 1. The minimum Gasteiger partial charge on any atom is -0.507 e. The second-order valence-corrected chi connectivity index (χ2v) is 7.77. The lowest BCUT2D eigenvalue weighted by Crippen LogP contribution is -2.30. The van der Waals surface area contributed by atoms with Gasteiger partial charge in [0.05, 0.1) is 18.7 Å². The fraction of sp³-hybridized carbons (Fsp3) is 0.154. The molecule has 1 saturated heterocycles. The largest absolute Gasteiger partial charge is 0.507 e. The summed E-state index contributed by atoms with van der Waals surface area (Å²) in [5, 5.41) is 11.3. The van der Waals surface area contributed by atoms with Crippen molar-refractivity contribution in [3.63, 3.8) is 0 Å². The second-order valence-electron chi connectivity index (χ2n) is 7.77. The third kappa shape index (κ3) is 3.29. The van der Waals surface area contributed by atoms with Crippen molar-refractivity contribution in [1.82, 2.24) is 0 Å². The number of Topliss-reactive ketones (excluding diaryl/α,β-unsaturated/α-hetero) is 1. The monoisotopic (exact) mass is 443 g/mol. The Morgan fingerprint density at radius 2 is 1.73 bits per heavy atom. The smallest absolute Gasteiger partial charge is 0.300 e. The van der Waals surface area contributed by atoms with Crippen LogP contribution in [0.4, 0.5) is 5.69 Å². The normalized spacial score (nSPS) is 18.6. The van der Waals surface area contributed by atoms with E-state index in [-0.39, 0.29) is 18.1 Å². The molecular formula is C26H21NO6. The van der Waals surface area contributed by atoms with Crippen LogP contribution in [-0.4, -0.2) is 30.7 Å². The Morgan fingerprint density at radius 3 is 2.52 bits per heavy atom. The Hall–Kier alpha value is -4.26. The van der Waals surface area contributed by atoms with Gasteiger partial charge >= 0.3 is 0 Å². The van der Waals surface area contributed by atoms with Crippen LogP contribution >= 0.6 is 0 Å². The number of benzene rings is 3. The van der Waals surface area contributed by atoms with E-state index in [1.165, 1.54) is 12.0 Å². The first-order chi connectivity index (χ1) is 16.0. The number of aryl methyl sites for hydroxylation is 1. The number of ketones is 1. The van der Waals surface area contributed by atoms with Gasteiger partial charge in [-0.05, 0) is 42.8 Å². The highest BCUT2D eigenvalue weighted by molar-refractivity contribution is 6.51. The fourth-order valence-electron chi connectivity index (χ4n) is 4.30. The maximum atomic E-state index is 13.3. The van der Waals surface area contributed by atoms with Gasteiger partial charge in [0.15, 0.2) is 11.5 Å². The van der Waals surface area contributed by atoms with Crippen molar-refractivity contribution in [2.45, 2.75) is 13.0 Å². The quantitative estimate of drug-likeness (QED) is 0.366. The Balaban J connectivity index is 1.75. The Kier molecular flexibility index (Phi) is 5.01. The summed E-state index contributed by atoms with van der Waals surface area (Å²) < 4.78 is 16.3. The predicted molar refractivity (Wildman–Crippen MR) is 122 cm³/mol. The number of aliphatic hydroxyl groups excluding tert-OH is 1. The molecule has 1 N–H and O–H groups in total. The summed E-state index contributed by atoms with van der Waals surface area (Å²) in [5.41, 5.74) is 2.32. The van der Waals surface area contributed by atoms with Gasteiger partial charge in [0.2, 0.25) is 6.79 Å². The third-order valence-electron chi connectivity index (χ3n) is 5.90. The van der Waals surface area contributed by atoms with Gasteiger partial charge in [-0.3, -0.25) is 14.5 Å². The summed E-state index contributed by atoms with van der Waals surface area (Å²) in [6, 6.07) is 18.5. The molecule has 0 bridgehead atoms. The number of hydrogen-bond acceptors (Lipinski definition) is 6. The van der Waals surface area contributed by atoms with Crippen molar-refractivity contribution in [1.29, 1.82) is 0 Å². The number of para-hydroxylation sites is 2. The van der Waals surface area contributed by atoms with E-state index in [0.717, 1.165) is 5.56 Å². The molecule has 5 rings (SSSR count). The Bertz CT molecular complexity index is 1310. The molecule has 3 aromatic rings. The summed E-state index contributed by atoms with van der Waals surface area (Å²) >= 11 is 0. The lowest BCUT2D eigenvalue weighted by Gasteiger charge is -2.27. The SMILES string of the molecule is COc1ccccc1C1/C(=C(\O)c2ccc3c(c2)OCO3)C(=O)C(=O)N1c1ccccc1C. The van der Waals surface area contributed by atoms with E-state index in [1.807, 2.05) is 19.1 Å². The van der Waals surface area contributed by atoms with Gasteiger partial charge < -0.3 is 19.3 Å². The van der Waals surface area contributed by atoms with Crippen LogP contribution in [0, 0.1) is 6.92 Å². The molecule has 2 aliphatic rings. The average molecular weight is 443 g/mol. The molecule has 0 aliphatic carbocycles. The number of methoxy groups -OCH3 is 1. The lowest BCUT2D eigenvalue weighted by atomic mass is 9.94. The van der Waals surface area contributed by atoms with Crippen LogP contribution in [0.2, 0.25) is 0 Å². The number of anilines is 1. The van der Waals surface area contributed by atoms with E-state index in [4.69, 9.17) is 14.2 Å². The number of carbonyl (C=O) groups is 2. The van der Waals surface area contributed by atoms with Gasteiger partial charge in [0, 0.05) is 16.8 Å². The van der Waals surface area contributed by atoms with Crippen LogP contribution in [0.15, 0.2) is 72.3 Å². The summed E-state index contributed by atoms with van der Waals surface area (Å²) in [6.07, 6.45) is 0. The minimum atomic E-state index is -0.882. The predicted octanol–water partition coefficient (Wildman–Crippen LogP) is 4.36. The summed E-state index contributed by atoms with van der Waals surface area (Å²) in [5.74, 6) is -0.278. The van der Waals surface area contributed by atoms with Crippen molar-refractivity contribution < 1.29 is 28.9 Å². The highest BCUT2D eigenvalue weighted by Crippen LogP contribution is 2.46. The van der Waals surface area contributed by atoms with Gasteiger partial charge in [0.25, 0.3) is 11.7 Å². The number of aliphatic hydroxyl groups is 1. The molecule has 7 nitrogen and oxygen atoms in total. The standard InChI is InChI=1S/C26H21NO6/c1-15-7-3-5-9-18(15)27-23(17-8-4-6-10-19(17)31-2)22(25(29)26(27)30)24(28)16-11-12-20-21(13-16)33-14-32-20/h3-13,23,28H,14H2,1-2H3/b24-22+. The Labute approximate surface area is 190 Å². The number of carbonyl (C=O) groups excluding carboxylic acids is 2. The van der Waals surface area contributed by atoms with Crippen molar-refractivity contribution in [2.75, 3.05) is 18.8 Å². The average Bonchev–Trinajstić information content (AvgIpc) is 3.41. The molecule has 2 heterocycles. The van der Waals surface area contributed by atoms with E-state index < -0.39 is 17.7 Å². The van der Waals surface area contributed by atoms with E-state index in [2.05, 4.69) is 0 Å². The van der Waals surface area contributed by atoms with Crippen molar-refractivity contribution in [3.8, 4) is 17.2 Å². The highest BCUT2D eigenvalue weighted by Gasteiger charge is 2.48. The highest BCUT2D eigenvalue weighted by atomic mass is 16.7. The molecule has 7 heteroatoms. The van der Waals surface area contributed by atoms with Crippen molar-refractivity contribution in [2.24, 2.45) is 0 Å². The van der Waals surface area contributed by atoms with Gasteiger partial charge in [-0.2, -0.15) is 0 Å². The van der Waals surface area contributed by atoms with Crippen LogP contribution in [0.1, 0.15) is 22.7 Å². The molecular weight excluding hydrogens is 422 g/mol. The molecule has 2 aliphatic heterocycles. The molecule has 0 saturated carbocycles. The summed E-state index contributed by atoms with van der Waals surface area (Å²) in [4.78, 5) is 28.1. The molecule has 1 atom stereocenters. The second kappa shape index (κ2) is 8.02. The molecule has 0 spiro atoms. The maximum Gasteiger partial charge on any atom is 0.300 e. The van der Waals surface area contributed by atoms with Crippen LogP contribution < -0.4 is 19.1 Å². The summed E-state index contributed by atoms with van der Waals surface area (Å²) in [6.45, 7) is 1.95. The lowest BCUT2D eigenvalue weighted by molar-refractivity contribution is -0.132. The Morgan fingerprint density at radius 1 is 1.00 bits per heavy atom. The van der Waals surface area contributed by atoms with Gasteiger partial charge in [-0.15, -0.1) is 0 Å². The van der Waals surface area contributed by atoms with E-state index in [9.17, 15) is 14.7 Å². The van der Waals surface area contributed by atoms with Crippen LogP contribution in [0.25, 0.3) is 5.76 Å². The molecule has 1 amide bonds. The first kappa shape index (κ1) is 20.6. The van der Waals surface area contributed by atoms with Gasteiger partial charge in [-0.1, -0.05) is 36.4 Å². The van der Waals surface area contributed by atoms with Crippen molar-refractivity contribution >= 4 is 23.1 Å². The first-order valence-electron chi connectivity index (χ1n) is 10.4. The van der Waals surface area contributed by atoms with Crippen LogP contribution in [0.5, 0.6) is 17.2 Å². The topological polar surface area (TPSA) is 85.3 Å². The van der Waals surface area contributed by atoms with Crippen LogP contribution in [-0.2, 0) is 9.59 Å². The van der Waals surface area contributed by atoms with Gasteiger partial charge in [-0.25, -0.2) is 0 Å². The molecule has 0 aromatic heterocycles. The molecule has 1 fully saturated rings. The number of fused-ring (bicyclic) bond motifs is 1. The first-order valence-corrected chi connectivity index (χ1v) is 10.4. The molecule has 33 heavy (non-hydrogen) atoms. The zero-order valence-electron chi connectivity index (χ0n) is 18.1. The number of nitrogens with zero attached hydrogens (tertiary/aromatic N) is 1. The molecule has 166 valence electrons. The molecule has 3 aromatic carbocycles. The summed E-state index contributed by atoms with van der Waals surface area (Å²) in [7, 11) is 1.52. The molecule has 1 unspecified atom stereocenters. The van der Waals surface area contributed by atoms with Crippen molar-refractivity contribution in [3.05, 3.63) is 89.0 Å². The minimum absolute atomic E-state index is 0.0216. The van der Waals surface area contributed by atoms with E-state index in [1.54, 1.807) is 54.6 Å². The zero-order chi connectivity index (χ0) is 23.1. The third-order valence-corrected chi connectivity index (χ3v) is 5.90. The number of ether oxygens (including phenoxy) is 3. The fourth-order valence-corrected chi connectivity index (χ4v) is 4.30. The van der Waals surface area contributed by atoms with Crippen LogP contribution in [0.3, 0.4) is 0 Å². The van der Waals surface area contributed by atoms with E-state index in [0.29, 0.717) is 34.1 Å².